The van der Waals surface area contributed by atoms with Crippen molar-refractivity contribution in [3.05, 3.63) is 29.3 Å². The highest BCUT2D eigenvalue weighted by molar-refractivity contribution is 7.99. The van der Waals surface area contributed by atoms with Crippen LogP contribution in [0.3, 0.4) is 0 Å². The van der Waals surface area contributed by atoms with Gasteiger partial charge in [-0.3, -0.25) is 4.79 Å². The van der Waals surface area contributed by atoms with Crippen LogP contribution in [0.2, 0.25) is 0 Å². The van der Waals surface area contributed by atoms with Crippen molar-refractivity contribution >= 4 is 17.7 Å². The Balaban J connectivity index is 1.65. The van der Waals surface area contributed by atoms with Crippen LogP contribution in [0.4, 0.5) is 0 Å². The van der Waals surface area contributed by atoms with Crippen LogP contribution in [0.1, 0.15) is 43.7 Å². The zero-order valence-corrected chi connectivity index (χ0v) is 15.8. The van der Waals surface area contributed by atoms with Crippen molar-refractivity contribution in [3.8, 4) is 5.69 Å². The number of benzene rings is 1. The molecular weight excluding hydrogens is 334 g/mol. The Morgan fingerprint density at radius 1 is 1.28 bits per heavy atom. The van der Waals surface area contributed by atoms with Gasteiger partial charge in [-0.15, -0.1) is 5.10 Å². The van der Waals surface area contributed by atoms with Gasteiger partial charge in [0.15, 0.2) is 0 Å². The first-order chi connectivity index (χ1) is 12.1. The van der Waals surface area contributed by atoms with Crippen molar-refractivity contribution in [2.75, 3.05) is 5.75 Å². The highest BCUT2D eigenvalue weighted by atomic mass is 32.2. The van der Waals surface area contributed by atoms with Crippen LogP contribution in [-0.4, -0.2) is 37.9 Å². The van der Waals surface area contributed by atoms with E-state index in [0.717, 1.165) is 23.2 Å². The molecule has 0 saturated heterocycles. The monoisotopic (exact) mass is 359 g/mol. The summed E-state index contributed by atoms with van der Waals surface area (Å²) < 4.78 is 1.73. The molecule has 1 aromatic carbocycles. The van der Waals surface area contributed by atoms with Crippen LogP contribution in [-0.2, 0) is 4.79 Å². The number of nitrogens with zero attached hydrogens (tertiary/aromatic N) is 4. The molecule has 3 rings (SSSR count). The molecule has 0 aliphatic heterocycles. The van der Waals surface area contributed by atoms with Crippen LogP contribution in [0.15, 0.2) is 23.4 Å². The molecule has 0 radical (unpaired) electrons. The van der Waals surface area contributed by atoms with Gasteiger partial charge in [0.05, 0.1) is 11.4 Å². The lowest BCUT2D eigenvalue weighted by atomic mass is 9.86. The summed E-state index contributed by atoms with van der Waals surface area (Å²) in [5.74, 6) is 0.941. The molecule has 1 heterocycles. The molecule has 2 atom stereocenters. The van der Waals surface area contributed by atoms with E-state index in [1.54, 1.807) is 4.68 Å². The fourth-order valence-electron chi connectivity index (χ4n) is 3.46. The van der Waals surface area contributed by atoms with E-state index in [0.29, 0.717) is 22.9 Å². The average Bonchev–Trinajstić information content (AvgIpc) is 3.03. The van der Waals surface area contributed by atoms with Crippen molar-refractivity contribution in [2.45, 2.75) is 57.7 Å². The van der Waals surface area contributed by atoms with Gasteiger partial charge in [-0.25, -0.2) is 0 Å². The lowest BCUT2D eigenvalue weighted by Gasteiger charge is -2.29. The normalized spacial score (nSPS) is 20.4. The number of aromatic nitrogens is 4. The molecular formula is C18H25N5OS. The molecule has 0 spiro atoms. The predicted molar refractivity (Wildman–Crippen MR) is 98.9 cm³/mol. The van der Waals surface area contributed by atoms with Crippen LogP contribution in [0.25, 0.3) is 5.69 Å². The number of tetrazole rings is 1. The second-order valence-electron chi connectivity index (χ2n) is 6.84. The number of rotatable bonds is 5. The highest BCUT2D eigenvalue weighted by Gasteiger charge is 2.23. The quantitative estimate of drug-likeness (QED) is 0.831. The number of hydrogen-bond acceptors (Lipinski definition) is 5. The van der Waals surface area contributed by atoms with Gasteiger partial charge < -0.3 is 5.32 Å². The molecule has 1 saturated carbocycles. The summed E-state index contributed by atoms with van der Waals surface area (Å²) in [5, 5.41) is 15.8. The van der Waals surface area contributed by atoms with Crippen LogP contribution < -0.4 is 5.32 Å². The Kier molecular flexibility index (Phi) is 5.73. The molecule has 1 aliphatic carbocycles. The number of carbonyl (C=O) groups is 1. The second-order valence-corrected chi connectivity index (χ2v) is 7.78. The molecule has 1 N–H and O–H groups in total. The smallest absolute Gasteiger partial charge is 0.230 e. The maximum atomic E-state index is 12.3. The van der Waals surface area contributed by atoms with Gasteiger partial charge in [0, 0.05) is 6.04 Å². The van der Waals surface area contributed by atoms with E-state index in [4.69, 9.17) is 0 Å². The maximum absolute atomic E-state index is 12.3. The summed E-state index contributed by atoms with van der Waals surface area (Å²) in [4.78, 5) is 12.3. The standard InChI is InChI=1S/C18H25N5OS/c1-12-7-4-5-10-15(12)19-16(24)11-25-18-20-21-22-23(18)17-13(2)8-6-9-14(17)3/h6,8-9,12,15H,4-5,7,10-11H2,1-3H3,(H,19,24)/t12-,15+/m1/s1. The number of thioether (sulfide) groups is 1. The minimum Gasteiger partial charge on any atom is -0.352 e. The number of para-hydroxylation sites is 1. The van der Waals surface area contributed by atoms with E-state index in [2.05, 4.69) is 27.8 Å². The SMILES string of the molecule is Cc1cccc(C)c1-n1nnnc1SCC(=O)N[C@H]1CCCC[C@H]1C. The number of hydrogen-bond donors (Lipinski definition) is 1. The molecule has 1 aromatic heterocycles. The van der Waals surface area contributed by atoms with E-state index in [1.807, 2.05) is 32.0 Å². The molecule has 0 unspecified atom stereocenters. The van der Waals surface area contributed by atoms with Gasteiger partial charge in [0.1, 0.15) is 0 Å². The van der Waals surface area contributed by atoms with E-state index in [1.165, 1.54) is 31.0 Å². The minimum absolute atomic E-state index is 0.0554. The summed E-state index contributed by atoms with van der Waals surface area (Å²) in [7, 11) is 0. The van der Waals surface area contributed by atoms with Crippen molar-refractivity contribution in [1.82, 2.24) is 25.5 Å². The molecule has 1 fully saturated rings. The molecule has 1 amide bonds. The van der Waals surface area contributed by atoms with Crippen LogP contribution in [0, 0.1) is 19.8 Å². The third-order valence-electron chi connectivity index (χ3n) is 4.88. The summed E-state index contributed by atoms with van der Waals surface area (Å²) in [6.45, 7) is 6.30. The summed E-state index contributed by atoms with van der Waals surface area (Å²) >= 11 is 1.38. The second kappa shape index (κ2) is 7.99. The lowest BCUT2D eigenvalue weighted by molar-refractivity contribution is -0.119. The fourth-order valence-corrected chi connectivity index (χ4v) is 4.15. The van der Waals surface area contributed by atoms with E-state index in [-0.39, 0.29) is 5.91 Å². The minimum atomic E-state index is 0.0554. The largest absolute Gasteiger partial charge is 0.352 e. The molecule has 25 heavy (non-hydrogen) atoms. The zero-order valence-electron chi connectivity index (χ0n) is 15.0. The van der Waals surface area contributed by atoms with Crippen LogP contribution in [0.5, 0.6) is 0 Å². The Morgan fingerprint density at radius 3 is 2.72 bits per heavy atom. The van der Waals surface area contributed by atoms with Crippen LogP contribution >= 0.6 is 11.8 Å². The van der Waals surface area contributed by atoms with Gasteiger partial charge in [0.2, 0.25) is 11.1 Å². The first kappa shape index (κ1) is 17.9. The molecule has 1 aliphatic rings. The first-order valence-electron chi connectivity index (χ1n) is 8.83. The number of nitrogens with one attached hydrogen (secondary N) is 1. The Morgan fingerprint density at radius 2 is 2.00 bits per heavy atom. The lowest BCUT2D eigenvalue weighted by Crippen LogP contribution is -2.41. The highest BCUT2D eigenvalue weighted by Crippen LogP contribution is 2.25. The Labute approximate surface area is 152 Å². The Hall–Kier alpha value is -1.89. The molecule has 6 nitrogen and oxygen atoms in total. The molecule has 2 aromatic rings. The van der Waals surface area contributed by atoms with Gasteiger partial charge in [-0.1, -0.05) is 49.7 Å². The van der Waals surface area contributed by atoms with Crippen molar-refractivity contribution in [3.63, 3.8) is 0 Å². The van der Waals surface area contributed by atoms with Gasteiger partial charge in [0.25, 0.3) is 0 Å². The maximum Gasteiger partial charge on any atom is 0.230 e. The fraction of sp³-hybridized carbons (Fsp3) is 0.556. The van der Waals surface area contributed by atoms with E-state index >= 15 is 0 Å². The van der Waals surface area contributed by atoms with Crippen molar-refractivity contribution < 1.29 is 4.79 Å². The van der Waals surface area contributed by atoms with Crippen molar-refractivity contribution in [1.29, 1.82) is 0 Å². The first-order valence-corrected chi connectivity index (χ1v) is 9.82. The van der Waals surface area contributed by atoms with E-state index in [9.17, 15) is 4.79 Å². The molecule has 7 heteroatoms. The average molecular weight is 359 g/mol. The van der Waals surface area contributed by atoms with Gasteiger partial charge in [-0.2, -0.15) is 4.68 Å². The number of aryl methyl sites for hydroxylation is 2. The number of carbonyl (C=O) groups excluding carboxylic acids is 1. The zero-order chi connectivity index (χ0) is 17.8. The summed E-state index contributed by atoms with van der Waals surface area (Å²) in [5.41, 5.74) is 3.19. The molecule has 0 bridgehead atoms. The number of amides is 1. The van der Waals surface area contributed by atoms with E-state index < -0.39 is 0 Å². The summed E-state index contributed by atoms with van der Waals surface area (Å²) in [6.07, 6.45) is 4.75. The predicted octanol–water partition coefficient (Wildman–Crippen LogP) is 3.07. The summed E-state index contributed by atoms with van der Waals surface area (Å²) in [6, 6.07) is 6.39. The third-order valence-corrected chi connectivity index (χ3v) is 5.80. The van der Waals surface area contributed by atoms with Gasteiger partial charge >= 0.3 is 0 Å². The Bertz CT molecular complexity index is 725. The third kappa shape index (κ3) is 4.21. The molecule has 134 valence electrons. The topological polar surface area (TPSA) is 72.7 Å². The van der Waals surface area contributed by atoms with Gasteiger partial charge in [-0.05, 0) is 54.2 Å². The van der Waals surface area contributed by atoms with Crippen molar-refractivity contribution in [2.24, 2.45) is 5.92 Å².